The number of nitrogens with zero attached hydrogens (tertiary/aromatic N) is 2. The van der Waals surface area contributed by atoms with Crippen LogP contribution in [0.2, 0.25) is 5.02 Å². The zero-order valence-electron chi connectivity index (χ0n) is 10.7. The van der Waals surface area contributed by atoms with E-state index < -0.39 is 5.82 Å². The molecule has 0 bridgehead atoms. The van der Waals surface area contributed by atoms with Crippen molar-refractivity contribution >= 4 is 23.2 Å². The van der Waals surface area contributed by atoms with Crippen molar-refractivity contribution in [3.8, 4) is 6.07 Å². The van der Waals surface area contributed by atoms with Crippen LogP contribution in [0.3, 0.4) is 0 Å². The van der Waals surface area contributed by atoms with Crippen LogP contribution < -0.4 is 10.6 Å². The monoisotopic (exact) mass is 296 g/mol. The first-order valence-electron chi connectivity index (χ1n) is 6.19. The molecule has 1 aliphatic rings. The Morgan fingerprint density at radius 2 is 2.45 bits per heavy atom. The Balaban J connectivity index is 1.96. The first kappa shape index (κ1) is 14.7. The SMILES string of the molecule is N#CC1CNCCN1CC(=O)Nc1ccc(Cl)cc1F. The van der Waals surface area contributed by atoms with Crippen molar-refractivity contribution in [3.05, 3.63) is 29.0 Å². The molecule has 1 fully saturated rings. The van der Waals surface area contributed by atoms with Crippen LogP contribution in [0.1, 0.15) is 0 Å². The predicted octanol–water partition coefficient (Wildman–Crippen LogP) is 1.21. The Bertz CT molecular complexity index is 546. The van der Waals surface area contributed by atoms with Crippen molar-refractivity contribution in [3.63, 3.8) is 0 Å². The molecule has 1 unspecified atom stereocenters. The highest BCUT2D eigenvalue weighted by Crippen LogP contribution is 2.18. The molecule has 1 aromatic carbocycles. The molecule has 1 aromatic rings. The molecule has 106 valence electrons. The maximum Gasteiger partial charge on any atom is 0.238 e. The van der Waals surface area contributed by atoms with Gasteiger partial charge >= 0.3 is 0 Å². The summed E-state index contributed by atoms with van der Waals surface area (Å²) in [7, 11) is 0. The molecule has 1 heterocycles. The number of piperazine rings is 1. The molecule has 2 rings (SSSR count). The summed E-state index contributed by atoms with van der Waals surface area (Å²) < 4.78 is 13.6. The maximum absolute atomic E-state index is 13.6. The summed E-state index contributed by atoms with van der Waals surface area (Å²) in [5, 5.41) is 14.8. The van der Waals surface area contributed by atoms with E-state index in [2.05, 4.69) is 16.7 Å². The maximum atomic E-state index is 13.6. The Morgan fingerprint density at radius 3 is 3.15 bits per heavy atom. The molecule has 0 spiro atoms. The lowest BCUT2D eigenvalue weighted by Gasteiger charge is -2.31. The average Bonchev–Trinajstić information content (AvgIpc) is 2.42. The van der Waals surface area contributed by atoms with Gasteiger partial charge in [0, 0.05) is 24.7 Å². The molecular formula is C13H14ClFN4O. The fourth-order valence-electron chi connectivity index (χ4n) is 2.03. The minimum Gasteiger partial charge on any atom is -0.322 e. The van der Waals surface area contributed by atoms with Crippen LogP contribution in [-0.4, -0.2) is 43.0 Å². The van der Waals surface area contributed by atoms with Crippen molar-refractivity contribution in [2.45, 2.75) is 6.04 Å². The van der Waals surface area contributed by atoms with Gasteiger partial charge in [-0.3, -0.25) is 9.69 Å². The molecule has 7 heteroatoms. The number of anilines is 1. The molecule has 1 aliphatic heterocycles. The van der Waals surface area contributed by atoms with E-state index in [0.717, 1.165) is 12.6 Å². The largest absolute Gasteiger partial charge is 0.322 e. The van der Waals surface area contributed by atoms with E-state index in [1.54, 1.807) is 4.90 Å². The summed E-state index contributed by atoms with van der Waals surface area (Å²) in [5.41, 5.74) is 0.0862. The van der Waals surface area contributed by atoms with Crippen molar-refractivity contribution in [1.82, 2.24) is 10.2 Å². The number of hydrogen-bond acceptors (Lipinski definition) is 4. The number of halogens is 2. The van der Waals surface area contributed by atoms with Crippen molar-refractivity contribution in [2.75, 3.05) is 31.5 Å². The summed E-state index contributed by atoms with van der Waals surface area (Å²) in [5.74, 6) is -0.934. The number of carbonyl (C=O) groups is 1. The number of hydrogen-bond donors (Lipinski definition) is 2. The minimum atomic E-state index is -0.581. The van der Waals surface area contributed by atoms with E-state index in [1.807, 2.05) is 0 Å². The Hall–Kier alpha value is -1.68. The van der Waals surface area contributed by atoms with E-state index in [9.17, 15) is 9.18 Å². The minimum absolute atomic E-state index is 0.0575. The zero-order valence-corrected chi connectivity index (χ0v) is 11.5. The molecule has 1 amide bonds. The topological polar surface area (TPSA) is 68.2 Å². The molecule has 1 saturated heterocycles. The molecular weight excluding hydrogens is 283 g/mol. The molecule has 1 atom stereocenters. The van der Waals surface area contributed by atoms with Gasteiger partial charge in [-0.05, 0) is 18.2 Å². The first-order chi connectivity index (χ1) is 9.60. The smallest absolute Gasteiger partial charge is 0.238 e. The van der Waals surface area contributed by atoms with Gasteiger partial charge in [-0.25, -0.2) is 4.39 Å². The van der Waals surface area contributed by atoms with E-state index in [-0.39, 0.29) is 29.2 Å². The Kier molecular flexibility index (Phi) is 4.90. The molecule has 0 aliphatic carbocycles. The molecule has 0 aromatic heterocycles. The molecule has 0 radical (unpaired) electrons. The second kappa shape index (κ2) is 6.66. The highest BCUT2D eigenvalue weighted by atomic mass is 35.5. The second-order valence-corrected chi connectivity index (χ2v) is 4.93. The quantitative estimate of drug-likeness (QED) is 0.880. The molecule has 2 N–H and O–H groups in total. The molecule has 20 heavy (non-hydrogen) atoms. The Labute approximate surface area is 121 Å². The normalized spacial score (nSPS) is 19.4. The lowest BCUT2D eigenvalue weighted by Crippen LogP contribution is -2.52. The third-order valence-corrected chi connectivity index (χ3v) is 3.29. The summed E-state index contributed by atoms with van der Waals surface area (Å²) in [6.45, 7) is 1.91. The Morgan fingerprint density at radius 1 is 1.65 bits per heavy atom. The van der Waals surface area contributed by atoms with Crippen LogP contribution in [0.15, 0.2) is 18.2 Å². The fourth-order valence-corrected chi connectivity index (χ4v) is 2.19. The van der Waals surface area contributed by atoms with Crippen LogP contribution in [0, 0.1) is 17.1 Å². The van der Waals surface area contributed by atoms with Crippen LogP contribution in [-0.2, 0) is 4.79 Å². The van der Waals surface area contributed by atoms with E-state index in [4.69, 9.17) is 16.9 Å². The highest BCUT2D eigenvalue weighted by molar-refractivity contribution is 6.30. The van der Waals surface area contributed by atoms with Gasteiger partial charge in [-0.1, -0.05) is 11.6 Å². The van der Waals surface area contributed by atoms with Crippen molar-refractivity contribution in [1.29, 1.82) is 5.26 Å². The number of nitriles is 1. The number of amides is 1. The van der Waals surface area contributed by atoms with Gasteiger partial charge < -0.3 is 10.6 Å². The number of carbonyl (C=O) groups excluding carboxylic acids is 1. The lowest BCUT2D eigenvalue weighted by molar-refractivity contribution is -0.117. The molecule has 0 saturated carbocycles. The van der Waals surface area contributed by atoms with Crippen LogP contribution in [0.25, 0.3) is 0 Å². The standard InChI is InChI=1S/C13H14ClFN4O/c14-9-1-2-12(11(15)5-9)18-13(20)8-19-4-3-17-7-10(19)6-16/h1-2,5,10,17H,3-4,7-8H2,(H,18,20). The lowest BCUT2D eigenvalue weighted by atomic mass is 10.2. The second-order valence-electron chi connectivity index (χ2n) is 4.49. The van der Waals surface area contributed by atoms with Crippen LogP contribution in [0.5, 0.6) is 0 Å². The van der Waals surface area contributed by atoms with Crippen molar-refractivity contribution in [2.24, 2.45) is 0 Å². The average molecular weight is 297 g/mol. The summed E-state index contributed by atoms with van der Waals surface area (Å²) >= 11 is 5.64. The number of rotatable bonds is 3. The zero-order chi connectivity index (χ0) is 14.5. The number of benzene rings is 1. The van der Waals surface area contributed by atoms with Gasteiger partial charge in [-0.2, -0.15) is 5.26 Å². The van der Waals surface area contributed by atoms with Gasteiger partial charge in [0.2, 0.25) is 5.91 Å². The van der Waals surface area contributed by atoms with Crippen LogP contribution >= 0.6 is 11.6 Å². The van der Waals surface area contributed by atoms with Gasteiger partial charge in [0.15, 0.2) is 0 Å². The summed E-state index contributed by atoms with van der Waals surface area (Å²) in [4.78, 5) is 13.7. The first-order valence-corrected chi connectivity index (χ1v) is 6.57. The predicted molar refractivity (Wildman–Crippen MR) is 73.9 cm³/mol. The third kappa shape index (κ3) is 3.67. The van der Waals surface area contributed by atoms with Gasteiger partial charge in [0.1, 0.15) is 11.9 Å². The molecule has 5 nitrogen and oxygen atoms in total. The highest BCUT2D eigenvalue weighted by Gasteiger charge is 2.23. The number of nitrogens with one attached hydrogen (secondary N) is 2. The van der Waals surface area contributed by atoms with Gasteiger partial charge in [0.05, 0.1) is 18.3 Å². The van der Waals surface area contributed by atoms with E-state index in [0.29, 0.717) is 13.1 Å². The fraction of sp³-hybridized carbons (Fsp3) is 0.385. The third-order valence-electron chi connectivity index (χ3n) is 3.06. The van der Waals surface area contributed by atoms with Crippen LogP contribution in [0.4, 0.5) is 10.1 Å². The van der Waals surface area contributed by atoms with Gasteiger partial charge in [-0.15, -0.1) is 0 Å². The summed E-state index contributed by atoms with van der Waals surface area (Å²) in [6.07, 6.45) is 0. The van der Waals surface area contributed by atoms with E-state index in [1.165, 1.54) is 12.1 Å². The summed E-state index contributed by atoms with van der Waals surface area (Å²) in [6, 6.07) is 5.84. The van der Waals surface area contributed by atoms with Crippen molar-refractivity contribution < 1.29 is 9.18 Å². The van der Waals surface area contributed by atoms with E-state index >= 15 is 0 Å². The van der Waals surface area contributed by atoms with Gasteiger partial charge in [0.25, 0.3) is 0 Å².